The third kappa shape index (κ3) is 7.22. The van der Waals surface area contributed by atoms with Crippen LogP contribution in [0, 0.1) is 5.92 Å². The summed E-state index contributed by atoms with van der Waals surface area (Å²) in [5, 5.41) is 5.24. The fourth-order valence-electron chi connectivity index (χ4n) is 4.88. The number of nitrogens with zero attached hydrogens (tertiary/aromatic N) is 1. The van der Waals surface area contributed by atoms with Crippen LogP contribution in [0.15, 0.2) is 42.5 Å². The van der Waals surface area contributed by atoms with E-state index < -0.39 is 0 Å². The van der Waals surface area contributed by atoms with E-state index >= 15 is 0 Å². The summed E-state index contributed by atoms with van der Waals surface area (Å²) in [4.78, 5) is 18.6. The maximum absolute atomic E-state index is 13.2. The van der Waals surface area contributed by atoms with Crippen LogP contribution in [0.2, 0.25) is 5.02 Å². The molecule has 0 bridgehead atoms. The van der Waals surface area contributed by atoms with Crippen LogP contribution in [0.25, 0.3) is 10.9 Å². The Balaban J connectivity index is 1.45. The average Bonchev–Trinajstić information content (AvgIpc) is 3.28. The van der Waals surface area contributed by atoms with Crippen LogP contribution in [-0.2, 0) is 15.9 Å². The van der Waals surface area contributed by atoms with E-state index in [4.69, 9.17) is 25.8 Å². The number of aromatic nitrogens is 1. The number of methoxy groups -OCH3 is 1. The normalized spacial score (nSPS) is 15.2. The number of H-pyrrole nitrogens is 1. The Morgan fingerprint density at radius 3 is 2.66 bits per heavy atom. The Morgan fingerprint density at radius 2 is 1.89 bits per heavy atom. The third-order valence-corrected chi connectivity index (χ3v) is 7.01. The molecule has 2 N–H and O–H groups in total. The zero-order chi connectivity index (χ0) is 26.9. The average molecular weight is 542 g/mol. The van der Waals surface area contributed by atoms with Gasteiger partial charge in [-0.1, -0.05) is 37.6 Å². The topological polar surface area (TPSA) is 75.8 Å². The van der Waals surface area contributed by atoms with Gasteiger partial charge in [-0.3, -0.25) is 4.90 Å². The molecule has 206 valence electrons. The largest absolute Gasteiger partial charge is 0.494 e. The van der Waals surface area contributed by atoms with Crippen LogP contribution in [-0.4, -0.2) is 62.5 Å². The van der Waals surface area contributed by atoms with E-state index in [0.29, 0.717) is 24.8 Å². The lowest BCUT2D eigenvalue weighted by molar-refractivity contribution is 0.0797. The number of halogens is 1. The first-order valence-corrected chi connectivity index (χ1v) is 14.0. The Morgan fingerprint density at radius 1 is 1.11 bits per heavy atom. The summed E-state index contributed by atoms with van der Waals surface area (Å²) >= 11 is 6.31. The molecule has 2 aromatic carbocycles. The van der Waals surface area contributed by atoms with Crippen molar-refractivity contribution in [1.29, 1.82) is 0 Å². The van der Waals surface area contributed by atoms with Gasteiger partial charge in [0.1, 0.15) is 11.8 Å². The van der Waals surface area contributed by atoms with Crippen LogP contribution < -0.4 is 10.1 Å². The van der Waals surface area contributed by atoms with E-state index in [2.05, 4.69) is 10.3 Å². The van der Waals surface area contributed by atoms with Crippen molar-refractivity contribution < 1.29 is 19.0 Å². The van der Waals surface area contributed by atoms with Gasteiger partial charge in [-0.2, -0.15) is 0 Å². The van der Waals surface area contributed by atoms with E-state index in [1.165, 1.54) is 5.56 Å². The van der Waals surface area contributed by atoms with Crippen molar-refractivity contribution in [2.75, 3.05) is 46.6 Å². The molecule has 1 atom stereocenters. The molecule has 1 aromatic heterocycles. The summed E-state index contributed by atoms with van der Waals surface area (Å²) in [5.41, 5.74) is 4.26. The number of carbonyl (C=O) groups excluding carboxylic acids is 1. The molecule has 3 aromatic rings. The van der Waals surface area contributed by atoms with Crippen molar-refractivity contribution in [2.45, 2.75) is 45.6 Å². The molecule has 38 heavy (non-hydrogen) atoms. The molecule has 0 spiro atoms. The summed E-state index contributed by atoms with van der Waals surface area (Å²) in [6.07, 6.45) is 3.53. The first-order chi connectivity index (χ1) is 18.5. The molecule has 1 aliphatic rings. The van der Waals surface area contributed by atoms with Crippen molar-refractivity contribution in [3.8, 4) is 5.75 Å². The number of ether oxygens (including phenoxy) is 3. The summed E-state index contributed by atoms with van der Waals surface area (Å²) in [6, 6.07) is 13.7. The molecule has 1 amide bonds. The number of benzene rings is 2. The molecule has 1 aliphatic heterocycles. The van der Waals surface area contributed by atoms with Crippen molar-refractivity contribution in [3.05, 3.63) is 64.3 Å². The predicted molar refractivity (Wildman–Crippen MR) is 152 cm³/mol. The fourth-order valence-corrected chi connectivity index (χ4v) is 5.05. The Labute approximate surface area is 230 Å². The number of carbonyl (C=O) groups is 1. The van der Waals surface area contributed by atoms with Crippen molar-refractivity contribution >= 4 is 28.6 Å². The van der Waals surface area contributed by atoms with Crippen LogP contribution >= 0.6 is 11.6 Å². The SMILES string of the molecule is COCCCNCCCCOc1ccc(C2c3[nH]c4ccc(Cl)cc4c3CCN2C(=O)OCC(C)C)cc1. The Bertz CT molecular complexity index is 1180. The maximum Gasteiger partial charge on any atom is 0.410 e. The molecule has 0 saturated heterocycles. The molecular weight excluding hydrogens is 502 g/mol. The van der Waals surface area contributed by atoms with Gasteiger partial charge in [-0.05, 0) is 86.1 Å². The number of hydrogen-bond donors (Lipinski definition) is 2. The number of aromatic amines is 1. The number of nitrogens with one attached hydrogen (secondary N) is 2. The molecule has 2 heterocycles. The van der Waals surface area contributed by atoms with Gasteiger partial charge in [-0.15, -0.1) is 0 Å². The second-order valence-corrected chi connectivity index (χ2v) is 10.7. The lowest BCUT2D eigenvalue weighted by Crippen LogP contribution is -2.41. The minimum absolute atomic E-state index is 0.274. The van der Waals surface area contributed by atoms with Crippen LogP contribution in [0.1, 0.15) is 56.0 Å². The summed E-state index contributed by atoms with van der Waals surface area (Å²) < 4.78 is 16.7. The summed E-state index contributed by atoms with van der Waals surface area (Å²) in [7, 11) is 1.73. The molecule has 7 nitrogen and oxygen atoms in total. The standard InChI is InChI=1S/C30H40ClN3O4/c1-21(2)20-38-30(35)34-16-13-25-26-19-23(31)9-12-27(26)33-28(25)29(34)22-7-10-24(11-8-22)37-18-5-4-14-32-15-6-17-36-3/h7-12,19,21,29,32-33H,4-6,13-18,20H2,1-3H3. The van der Waals surface area contributed by atoms with Gasteiger partial charge < -0.3 is 24.5 Å². The highest BCUT2D eigenvalue weighted by Crippen LogP contribution is 2.39. The lowest BCUT2D eigenvalue weighted by Gasteiger charge is -2.35. The number of rotatable bonds is 13. The molecular formula is C30H40ClN3O4. The quantitative estimate of drug-likeness (QED) is 0.247. The number of fused-ring (bicyclic) bond motifs is 3. The molecule has 0 saturated carbocycles. The van der Waals surface area contributed by atoms with Gasteiger partial charge in [0.05, 0.1) is 13.2 Å². The van der Waals surface area contributed by atoms with Crippen LogP contribution in [0.4, 0.5) is 4.79 Å². The van der Waals surface area contributed by atoms with Gasteiger partial charge >= 0.3 is 6.09 Å². The van der Waals surface area contributed by atoms with E-state index in [0.717, 1.165) is 73.3 Å². The van der Waals surface area contributed by atoms with Gasteiger partial charge in [0.2, 0.25) is 0 Å². The highest BCUT2D eigenvalue weighted by molar-refractivity contribution is 6.31. The summed E-state index contributed by atoms with van der Waals surface area (Å²) in [6.45, 7) is 8.47. The number of hydrogen-bond acceptors (Lipinski definition) is 5. The molecule has 0 fully saturated rings. The minimum atomic E-state index is -0.290. The number of unbranched alkanes of at least 4 members (excludes halogenated alkanes) is 1. The van der Waals surface area contributed by atoms with Crippen molar-refractivity contribution in [1.82, 2.24) is 15.2 Å². The maximum atomic E-state index is 13.2. The molecule has 0 radical (unpaired) electrons. The van der Waals surface area contributed by atoms with Crippen LogP contribution in [0.3, 0.4) is 0 Å². The minimum Gasteiger partial charge on any atom is -0.494 e. The fraction of sp³-hybridized carbons (Fsp3) is 0.500. The Kier molecular flexibility index (Phi) is 10.3. The molecule has 1 unspecified atom stereocenters. The second-order valence-electron chi connectivity index (χ2n) is 10.2. The zero-order valence-corrected chi connectivity index (χ0v) is 23.5. The van der Waals surface area contributed by atoms with E-state index in [1.807, 2.05) is 61.2 Å². The highest BCUT2D eigenvalue weighted by Gasteiger charge is 2.35. The second kappa shape index (κ2) is 13.9. The van der Waals surface area contributed by atoms with E-state index in [-0.39, 0.29) is 18.1 Å². The smallest absolute Gasteiger partial charge is 0.410 e. The molecule has 0 aliphatic carbocycles. The van der Waals surface area contributed by atoms with Crippen LogP contribution in [0.5, 0.6) is 5.75 Å². The Hall–Kier alpha value is -2.74. The first kappa shape index (κ1) is 28.3. The predicted octanol–water partition coefficient (Wildman–Crippen LogP) is 6.35. The van der Waals surface area contributed by atoms with Crippen molar-refractivity contribution in [3.63, 3.8) is 0 Å². The van der Waals surface area contributed by atoms with E-state index in [9.17, 15) is 4.79 Å². The number of amides is 1. The summed E-state index contributed by atoms with van der Waals surface area (Å²) in [5.74, 6) is 1.10. The lowest BCUT2D eigenvalue weighted by atomic mass is 9.92. The monoisotopic (exact) mass is 541 g/mol. The van der Waals surface area contributed by atoms with Gasteiger partial charge in [0.25, 0.3) is 0 Å². The van der Waals surface area contributed by atoms with Gasteiger partial charge in [0, 0.05) is 41.9 Å². The third-order valence-electron chi connectivity index (χ3n) is 6.78. The highest BCUT2D eigenvalue weighted by atomic mass is 35.5. The zero-order valence-electron chi connectivity index (χ0n) is 22.7. The van der Waals surface area contributed by atoms with Crippen molar-refractivity contribution in [2.24, 2.45) is 5.92 Å². The molecule has 4 rings (SSSR count). The van der Waals surface area contributed by atoms with Gasteiger partial charge in [-0.25, -0.2) is 4.79 Å². The van der Waals surface area contributed by atoms with Gasteiger partial charge in [0.15, 0.2) is 0 Å². The molecule has 8 heteroatoms. The van der Waals surface area contributed by atoms with E-state index in [1.54, 1.807) is 7.11 Å². The first-order valence-electron chi connectivity index (χ1n) is 13.6.